The predicted octanol–water partition coefficient (Wildman–Crippen LogP) is 1.98. The highest BCUT2D eigenvalue weighted by Crippen LogP contribution is 2.17. The number of pyridine rings is 1. The number of nitrogens with zero attached hydrogens (tertiary/aromatic N) is 6. The van der Waals surface area contributed by atoms with E-state index in [0.29, 0.717) is 12.1 Å². The normalized spacial score (nSPS) is 14.1. The van der Waals surface area contributed by atoms with Crippen molar-refractivity contribution in [2.24, 2.45) is 0 Å². The molecule has 0 aliphatic carbocycles. The Balaban J connectivity index is 1.37. The Bertz CT molecular complexity index is 887. The van der Waals surface area contributed by atoms with Crippen LogP contribution in [0.1, 0.15) is 35.2 Å². The monoisotopic (exact) mass is 363 g/mol. The molecule has 1 saturated heterocycles. The maximum atomic E-state index is 12.5. The molecular weight excluding hydrogens is 342 g/mol. The third-order valence-corrected chi connectivity index (χ3v) is 4.66. The maximum Gasteiger partial charge on any atom is 0.251 e. The molecule has 0 saturated carbocycles. The molecule has 0 atom stereocenters. The first-order chi connectivity index (χ1) is 13.3. The fourth-order valence-corrected chi connectivity index (χ4v) is 3.18. The zero-order valence-electron chi connectivity index (χ0n) is 15.0. The summed E-state index contributed by atoms with van der Waals surface area (Å²) in [4.78, 5) is 19.3. The van der Waals surface area contributed by atoms with Crippen LogP contribution in [-0.2, 0) is 6.54 Å². The number of nitrogens with one attached hydrogen (secondary N) is 1. The summed E-state index contributed by atoms with van der Waals surface area (Å²) in [5, 5.41) is 14.0. The average Bonchev–Trinajstić information content (AvgIpc) is 3.28. The van der Waals surface area contributed by atoms with Gasteiger partial charge in [0.2, 0.25) is 0 Å². The Morgan fingerprint density at radius 2 is 2.00 bits per heavy atom. The number of piperidine rings is 1. The van der Waals surface area contributed by atoms with Gasteiger partial charge in [-0.3, -0.25) is 4.79 Å². The van der Waals surface area contributed by atoms with Crippen molar-refractivity contribution < 1.29 is 4.79 Å². The number of aromatic nitrogens is 5. The van der Waals surface area contributed by atoms with Gasteiger partial charge in [0.25, 0.3) is 5.91 Å². The highest BCUT2D eigenvalue weighted by Gasteiger charge is 2.12. The molecule has 0 bridgehead atoms. The van der Waals surface area contributed by atoms with Crippen LogP contribution >= 0.6 is 0 Å². The van der Waals surface area contributed by atoms with Gasteiger partial charge in [0.1, 0.15) is 12.1 Å². The van der Waals surface area contributed by atoms with Crippen molar-refractivity contribution in [2.75, 3.05) is 18.0 Å². The lowest BCUT2D eigenvalue weighted by molar-refractivity contribution is 0.0951. The van der Waals surface area contributed by atoms with E-state index in [0.717, 1.165) is 30.2 Å². The Hall–Kier alpha value is -3.29. The second-order valence-electron chi connectivity index (χ2n) is 6.56. The van der Waals surface area contributed by atoms with E-state index in [4.69, 9.17) is 0 Å². The highest BCUT2D eigenvalue weighted by atomic mass is 16.1. The molecule has 4 rings (SSSR count). The maximum absolute atomic E-state index is 12.5. The number of tetrazole rings is 1. The van der Waals surface area contributed by atoms with Gasteiger partial charge in [0, 0.05) is 31.4 Å². The molecule has 0 spiro atoms. The summed E-state index contributed by atoms with van der Waals surface area (Å²) in [7, 11) is 0. The van der Waals surface area contributed by atoms with Crippen molar-refractivity contribution in [1.82, 2.24) is 30.5 Å². The summed E-state index contributed by atoms with van der Waals surface area (Å²) in [6.07, 6.45) is 7.08. The standard InChI is InChI=1S/C19H21N7O/c27-19(16-5-4-6-17(11-16)26-14-22-23-24-26)21-13-15-7-8-18(20-12-15)25-9-2-1-3-10-25/h4-8,11-12,14H,1-3,9-10,13H2,(H,21,27). The van der Waals surface area contributed by atoms with Crippen LogP contribution in [0.2, 0.25) is 0 Å². The first kappa shape index (κ1) is 17.1. The number of carbonyl (C=O) groups excluding carboxylic acids is 1. The Morgan fingerprint density at radius 1 is 1.11 bits per heavy atom. The number of rotatable bonds is 5. The minimum atomic E-state index is -0.148. The van der Waals surface area contributed by atoms with Gasteiger partial charge < -0.3 is 10.2 Å². The molecule has 1 aromatic carbocycles. The van der Waals surface area contributed by atoms with Gasteiger partial charge in [-0.1, -0.05) is 12.1 Å². The highest BCUT2D eigenvalue weighted by molar-refractivity contribution is 5.94. The van der Waals surface area contributed by atoms with E-state index in [2.05, 4.69) is 30.7 Å². The third kappa shape index (κ3) is 4.11. The predicted molar refractivity (Wildman–Crippen MR) is 101 cm³/mol. The van der Waals surface area contributed by atoms with Crippen molar-refractivity contribution in [2.45, 2.75) is 25.8 Å². The summed E-state index contributed by atoms with van der Waals surface area (Å²) in [6.45, 7) is 2.57. The molecule has 0 radical (unpaired) electrons. The summed E-state index contributed by atoms with van der Waals surface area (Å²) in [6, 6.07) is 11.2. The van der Waals surface area contributed by atoms with Crippen molar-refractivity contribution in [3.63, 3.8) is 0 Å². The molecule has 1 N–H and O–H groups in total. The van der Waals surface area contributed by atoms with Gasteiger partial charge in [-0.05, 0) is 59.5 Å². The fourth-order valence-electron chi connectivity index (χ4n) is 3.18. The molecule has 138 valence electrons. The van der Waals surface area contributed by atoms with Crippen LogP contribution < -0.4 is 10.2 Å². The van der Waals surface area contributed by atoms with Crippen LogP contribution in [0, 0.1) is 0 Å². The molecule has 27 heavy (non-hydrogen) atoms. The third-order valence-electron chi connectivity index (χ3n) is 4.66. The molecule has 3 heterocycles. The molecule has 2 aromatic heterocycles. The number of benzene rings is 1. The van der Waals surface area contributed by atoms with Gasteiger partial charge in [0.15, 0.2) is 0 Å². The Kier molecular flexibility index (Phi) is 5.04. The molecular formula is C19H21N7O. The molecule has 8 heteroatoms. The first-order valence-electron chi connectivity index (χ1n) is 9.11. The van der Waals surface area contributed by atoms with Crippen LogP contribution in [0.3, 0.4) is 0 Å². The molecule has 1 aliphatic heterocycles. The number of carbonyl (C=O) groups is 1. The molecule has 1 fully saturated rings. The zero-order chi connectivity index (χ0) is 18.5. The Labute approximate surface area is 157 Å². The van der Waals surface area contributed by atoms with Crippen molar-refractivity contribution >= 4 is 11.7 Å². The average molecular weight is 363 g/mol. The lowest BCUT2D eigenvalue weighted by atomic mass is 10.1. The molecule has 0 unspecified atom stereocenters. The van der Waals surface area contributed by atoms with E-state index in [9.17, 15) is 4.79 Å². The van der Waals surface area contributed by atoms with E-state index in [-0.39, 0.29) is 5.91 Å². The summed E-state index contributed by atoms with van der Waals surface area (Å²) in [5.74, 6) is 0.865. The van der Waals surface area contributed by atoms with Crippen molar-refractivity contribution in [3.05, 3.63) is 60.0 Å². The van der Waals surface area contributed by atoms with Crippen LogP contribution in [0.25, 0.3) is 5.69 Å². The Morgan fingerprint density at radius 3 is 2.74 bits per heavy atom. The SMILES string of the molecule is O=C(NCc1ccc(N2CCCCC2)nc1)c1cccc(-n2cnnn2)c1. The molecule has 8 nitrogen and oxygen atoms in total. The van der Waals surface area contributed by atoms with E-state index in [1.807, 2.05) is 24.4 Å². The van der Waals surface area contributed by atoms with Gasteiger partial charge in [-0.2, -0.15) is 0 Å². The minimum Gasteiger partial charge on any atom is -0.357 e. The van der Waals surface area contributed by atoms with Crippen LogP contribution in [0.4, 0.5) is 5.82 Å². The number of hydrogen-bond acceptors (Lipinski definition) is 6. The minimum absolute atomic E-state index is 0.148. The van der Waals surface area contributed by atoms with E-state index < -0.39 is 0 Å². The fraction of sp³-hybridized carbons (Fsp3) is 0.316. The van der Waals surface area contributed by atoms with Crippen molar-refractivity contribution in [1.29, 1.82) is 0 Å². The van der Waals surface area contributed by atoms with Crippen LogP contribution in [0.15, 0.2) is 48.9 Å². The largest absolute Gasteiger partial charge is 0.357 e. The summed E-state index contributed by atoms with van der Waals surface area (Å²) >= 11 is 0. The lowest BCUT2D eigenvalue weighted by Gasteiger charge is -2.27. The lowest BCUT2D eigenvalue weighted by Crippen LogP contribution is -2.30. The van der Waals surface area contributed by atoms with Gasteiger partial charge in [-0.15, -0.1) is 5.10 Å². The van der Waals surface area contributed by atoms with Gasteiger partial charge in [-0.25, -0.2) is 9.67 Å². The van der Waals surface area contributed by atoms with Crippen LogP contribution in [-0.4, -0.2) is 44.2 Å². The van der Waals surface area contributed by atoms with E-state index >= 15 is 0 Å². The van der Waals surface area contributed by atoms with E-state index in [1.54, 1.807) is 18.2 Å². The molecule has 1 amide bonds. The first-order valence-corrected chi connectivity index (χ1v) is 9.11. The zero-order valence-corrected chi connectivity index (χ0v) is 15.0. The molecule has 1 aliphatic rings. The van der Waals surface area contributed by atoms with E-state index in [1.165, 1.54) is 30.3 Å². The smallest absolute Gasteiger partial charge is 0.251 e. The summed E-state index contributed by atoms with van der Waals surface area (Å²) < 4.78 is 1.51. The quantitative estimate of drug-likeness (QED) is 0.746. The second-order valence-corrected chi connectivity index (χ2v) is 6.56. The number of anilines is 1. The van der Waals surface area contributed by atoms with Gasteiger partial charge >= 0.3 is 0 Å². The topological polar surface area (TPSA) is 88.8 Å². The van der Waals surface area contributed by atoms with Crippen LogP contribution in [0.5, 0.6) is 0 Å². The number of hydrogen-bond donors (Lipinski definition) is 1. The van der Waals surface area contributed by atoms with Crippen molar-refractivity contribution in [3.8, 4) is 5.69 Å². The number of amides is 1. The molecule has 3 aromatic rings. The summed E-state index contributed by atoms with van der Waals surface area (Å²) in [5.41, 5.74) is 2.27. The van der Waals surface area contributed by atoms with Gasteiger partial charge in [0.05, 0.1) is 5.69 Å². The second kappa shape index (κ2) is 7.94.